The molecule has 0 aromatic carbocycles. The third-order valence-corrected chi connectivity index (χ3v) is 8.09. The highest BCUT2D eigenvalue weighted by Crippen LogP contribution is 2.66. The summed E-state index contributed by atoms with van der Waals surface area (Å²) in [5.41, 5.74) is -5.74. The largest absolute Gasteiger partial charge is 0.460 e. The Morgan fingerprint density at radius 2 is 0.435 bits per heavy atom. The van der Waals surface area contributed by atoms with E-state index in [1.54, 1.807) is 0 Å². The fourth-order valence-electron chi connectivity index (χ4n) is 3.39. The molecule has 0 aliphatic carbocycles. The van der Waals surface area contributed by atoms with Gasteiger partial charge in [0.25, 0.3) is 0 Å². The molecule has 0 saturated carbocycles. The second kappa shape index (κ2) is 15.0. The molecule has 0 nitrogen and oxygen atoms in total. The molecule has 0 aromatic heterocycles. The molecule has 0 atom stereocenters. The smallest absolute Gasteiger partial charge is 0.195 e. The van der Waals surface area contributed by atoms with Crippen LogP contribution in [0.15, 0.2) is 21.3 Å². The van der Waals surface area contributed by atoms with E-state index >= 15 is 0 Å². The number of rotatable bonds is 16. The topological polar surface area (TPSA) is 0 Å². The van der Waals surface area contributed by atoms with E-state index in [-0.39, 0.29) is 0 Å². The lowest BCUT2D eigenvalue weighted by Gasteiger charge is -2.41. The fraction of sp³-hybridized carbons (Fsp3) is 0.818. The highest BCUT2D eigenvalue weighted by Gasteiger charge is 2.94. The number of halogens is 40. The van der Waals surface area contributed by atoms with Crippen molar-refractivity contribution in [2.24, 2.45) is 0 Å². The van der Waals surface area contributed by atoms with Gasteiger partial charge in [0.05, 0.1) is 3.58 Å². The third-order valence-electron chi connectivity index (χ3n) is 7.11. The maximum Gasteiger partial charge on any atom is 0.460 e. The molecule has 62 heavy (non-hydrogen) atoms. The van der Waals surface area contributed by atoms with Crippen molar-refractivity contribution in [3.05, 3.63) is 21.3 Å². The van der Waals surface area contributed by atoms with E-state index in [1.165, 1.54) is 0 Å². The van der Waals surface area contributed by atoms with Crippen molar-refractivity contribution in [1.82, 2.24) is 0 Å². The summed E-state index contributed by atoms with van der Waals surface area (Å²) in [7, 11) is 0. The average Bonchev–Trinajstić information content (AvgIpc) is 3.01. The van der Waals surface area contributed by atoms with E-state index in [0.29, 0.717) is 0 Å². The molecule has 0 unspecified atom stereocenters. The first-order valence-electron chi connectivity index (χ1n) is 13.0. The molecule has 0 heterocycles. The van der Waals surface area contributed by atoms with Crippen molar-refractivity contribution in [3.63, 3.8) is 0 Å². The van der Waals surface area contributed by atoms with E-state index in [1.807, 2.05) is 0 Å². The molecule has 370 valence electrons. The second-order valence-electron chi connectivity index (χ2n) is 11.2. The first kappa shape index (κ1) is 59.5. The lowest BCUT2D eigenvalue weighted by molar-refractivity contribution is -0.438. The van der Waals surface area contributed by atoms with Gasteiger partial charge in [0.2, 0.25) is 0 Å². The highest BCUT2D eigenvalue weighted by molar-refractivity contribution is 14.1. The standard InChI is InChI=1S/C22H2F39I/c23-5(24,8(29,30)11(35,36)14(41,42)17(47,48)20(53,54)55)2-3(6(25,26)9(31,32)12(37,38)15(43,44)18(49,50)21(56,57)58)1-4(62)7(27,28)10(33,34)13(39,40)16(45,46)19(51,52)22(59,60)61/h1-2H. The Balaban J connectivity index is 8.92. The summed E-state index contributed by atoms with van der Waals surface area (Å²) in [6.45, 7) is 0. The Hall–Kier alpha value is -2.52. The van der Waals surface area contributed by atoms with Crippen molar-refractivity contribution in [1.29, 1.82) is 0 Å². The minimum absolute atomic E-state index is 1.53. The molecule has 0 fully saturated rings. The van der Waals surface area contributed by atoms with Gasteiger partial charge in [-0.2, -0.15) is 171 Å². The third kappa shape index (κ3) is 7.78. The van der Waals surface area contributed by atoms with Crippen LogP contribution in [0.1, 0.15) is 0 Å². The van der Waals surface area contributed by atoms with E-state index in [9.17, 15) is 171 Å². The Morgan fingerprint density at radius 3 is 0.661 bits per heavy atom. The van der Waals surface area contributed by atoms with Crippen molar-refractivity contribution < 1.29 is 171 Å². The maximum absolute atomic E-state index is 14.8. The molecule has 0 aromatic rings. The Kier molecular flexibility index (Phi) is 14.4. The van der Waals surface area contributed by atoms with Crippen molar-refractivity contribution in [2.45, 2.75) is 107 Å². The van der Waals surface area contributed by atoms with Gasteiger partial charge < -0.3 is 0 Å². The first-order chi connectivity index (χ1) is 26.0. The number of hydrogen-bond acceptors (Lipinski definition) is 0. The first-order valence-corrected chi connectivity index (χ1v) is 14.0. The van der Waals surface area contributed by atoms with Crippen molar-refractivity contribution in [2.75, 3.05) is 0 Å². The Bertz CT molecular complexity index is 1690. The van der Waals surface area contributed by atoms with E-state index in [0.717, 1.165) is 0 Å². The van der Waals surface area contributed by atoms with Gasteiger partial charge in [0, 0.05) is 11.6 Å². The summed E-state index contributed by atoms with van der Waals surface area (Å²) in [6.07, 6.45) is -32.5. The van der Waals surface area contributed by atoms with Crippen LogP contribution in [0, 0.1) is 0 Å². The van der Waals surface area contributed by atoms with Gasteiger partial charge in [-0.1, -0.05) is 0 Å². The summed E-state index contributed by atoms with van der Waals surface area (Å²) in [5.74, 6) is -138. The summed E-state index contributed by atoms with van der Waals surface area (Å²) in [5, 5.41) is 0. The predicted molar refractivity (Wildman–Crippen MR) is 123 cm³/mol. The quantitative estimate of drug-likeness (QED) is 0.0821. The van der Waals surface area contributed by atoms with Crippen LogP contribution in [0.25, 0.3) is 0 Å². The van der Waals surface area contributed by atoms with Gasteiger partial charge in [-0.3, -0.25) is 0 Å². The summed E-state index contributed by atoms with van der Waals surface area (Å²) < 4.78 is 521. The molecule has 0 aliphatic heterocycles. The van der Waals surface area contributed by atoms with E-state index in [2.05, 4.69) is 0 Å². The van der Waals surface area contributed by atoms with Gasteiger partial charge in [0.1, 0.15) is 0 Å². The van der Waals surface area contributed by atoms with Gasteiger partial charge in [-0.05, 0) is 28.7 Å². The van der Waals surface area contributed by atoms with Crippen LogP contribution in [0.4, 0.5) is 171 Å². The molecule has 0 N–H and O–H groups in total. The normalized spacial score (nSPS) is 17.5. The van der Waals surface area contributed by atoms with Crippen molar-refractivity contribution >= 4 is 22.6 Å². The number of alkyl halides is 39. The Labute approximate surface area is 323 Å². The average molecular weight is 1130 g/mol. The molecular weight excluding hydrogens is 1130 g/mol. The molecule has 0 radical (unpaired) electrons. The summed E-state index contributed by atoms with van der Waals surface area (Å²) >= 11 is -1.53. The monoisotopic (exact) mass is 1130 g/mol. The van der Waals surface area contributed by atoms with Crippen LogP contribution in [-0.4, -0.2) is 107 Å². The van der Waals surface area contributed by atoms with Gasteiger partial charge in [-0.25, -0.2) is 0 Å². The Morgan fingerprint density at radius 1 is 0.242 bits per heavy atom. The van der Waals surface area contributed by atoms with Crippen LogP contribution < -0.4 is 0 Å². The van der Waals surface area contributed by atoms with Gasteiger partial charge in [0.15, 0.2) is 0 Å². The van der Waals surface area contributed by atoms with Crippen LogP contribution in [0.3, 0.4) is 0 Å². The second-order valence-corrected chi connectivity index (χ2v) is 12.4. The molecule has 0 saturated heterocycles. The minimum Gasteiger partial charge on any atom is -0.195 e. The zero-order chi connectivity index (χ0) is 51.6. The van der Waals surface area contributed by atoms with E-state index in [4.69, 9.17) is 0 Å². The van der Waals surface area contributed by atoms with Crippen LogP contribution in [0.2, 0.25) is 0 Å². The highest BCUT2D eigenvalue weighted by atomic mass is 127. The van der Waals surface area contributed by atoms with Crippen LogP contribution in [0.5, 0.6) is 0 Å². The predicted octanol–water partition coefficient (Wildman–Crippen LogP) is 14.4. The molecule has 0 amide bonds. The summed E-state index contributed by atoms with van der Waals surface area (Å²) in [4.78, 5) is 0. The number of allylic oxidation sites excluding steroid dienone is 4. The van der Waals surface area contributed by atoms with Crippen molar-refractivity contribution in [3.8, 4) is 0 Å². The maximum atomic E-state index is 14.8. The zero-order valence-corrected chi connectivity index (χ0v) is 28.4. The molecule has 0 rings (SSSR count). The molecule has 0 spiro atoms. The lowest BCUT2D eigenvalue weighted by Crippen LogP contribution is -2.71. The molecule has 0 bridgehead atoms. The lowest BCUT2D eigenvalue weighted by atomic mass is 9.87. The van der Waals surface area contributed by atoms with Crippen LogP contribution in [-0.2, 0) is 0 Å². The van der Waals surface area contributed by atoms with Gasteiger partial charge >= 0.3 is 107 Å². The molecular formula is C22H2F39I. The minimum atomic E-state index is -9.62. The SMILES string of the molecule is FC(F)(F)C(F)(F)C(F)(F)C(F)(F)C(F)(F)C(F)(F)C=C(C=C(I)C(F)(F)C(F)(F)C(F)(F)C(F)(F)C(F)(F)C(F)(F)F)C(F)(F)C(F)(F)C(F)(F)C(F)(F)C(F)(F)C(F)(F)F. The number of hydrogen-bond donors (Lipinski definition) is 0. The summed E-state index contributed by atoms with van der Waals surface area (Å²) in [6, 6.07) is 0. The van der Waals surface area contributed by atoms with Gasteiger partial charge in [-0.15, -0.1) is 0 Å². The van der Waals surface area contributed by atoms with Crippen LogP contribution >= 0.6 is 22.6 Å². The molecule has 0 aliphatic rings. The molecule has 40 heteroatoms. The van der Waals surface area contributed by atoms with E-state index < -0.39 is 151 Å². The zero-order valence-electron chi connectivity index (χ0n) is 26.3. The fourth-order valence-corrected chi connectivity index (χ4v) is 4.06.